The predicted octanol–water partition coefficient (Wildman–Crippen LogP) is 2.88. The summed E-state index contributed by atoms with van der Waals surface area (Å²) in [7, 11) is 0. The molecule has 0 aliphatic heterocycles. The molecule has 3 rings (SSSR count). The van der Waals surface area contributed by atoms with Crippen molar-refractivity contribution < 1.29 is 0 Å². The third kappa shape index (κ3) is 3.22. The zero-order chi connectivity index (χ0) is 15.0. The van der Waals surface area contributed by atoms with Crippen LogP contribution in [0.3, 0.4) is 0 Å². The second kappa shape index (κ2) is 5.69. The molecule has 1 aliphatic carbocycles. The Morgan fingerprint density at radius 1 is 1.52 bits per heavy atom. The largest absolute Gasteiger partial charge is 0.383 e. The number of rotatable bonds is 4. The maximum absolute atomic E-state index is 11.4. The molecule has 0 radical (unpaired) electrons. The van der Waals surface area contributed by atoms with Gasteiger partial charge in [-0.05, 0) is 36.8 Å². The summed E-state index contributed by atoms with van der Waals surface area (Å²) in [5, 5.41) is 1.03. The first-order valence-corrected chi connectivity index (χ1v) is 8.04. The fourth-order valence-corrected chi connectivity index (χ4v) is 3.60. The minimum atomic E-state index is -0.249. The van der Waals surface area contributed by atoms with E-state index in [2.05, 4.69) is 21.9 Å². The summed E-state index contributed by atoms with van der Waals surface area (Å²) in [6.07, 6.45) is 4.23. The topological polar surface area (TPSA) is 84.7 Å². The van der Waals surface area contributed by atoms with Crippen molar-refractivity contribution in [3.8, 4) is 0 Å². The van der Waals surface area contributed by atoms with Gasteiger partial charge in [-0.2, -0.15) is 0 Å². The second-order valence-corrected chi connectivity index (χ2v) is 6.48. The van der Waals surface area contributed by atoms with Crippen LogP contribution in [0.15, 0.2) is 22.2 Å². The molecule has 1 fully saturated rings. The Labute approximate surface area is 131 Å². The van der Waals surface area contributed by atoms with Gasteiger partial charge < -0.3 is 10.7 Å². The van der Waals surface area contributed by atoms with Crippen molar-refractivity contribution in [2.24, 2.45) is 0 Å². The first-order valence-electron chi connectivity index (χ1n) is 6.68. The molecule has 3 N–H and O–H groups in total. The number of halogens is 1. The Bertz CT molecular complexity index is 742. The summed E-state index contributed by atoms with van der Waals surface area (Å²) >= 11 is 7.67. The van der Waals surface area contributed by atoms with Crippen LogP contribution >= 0.6 is 23.4 Å². The summed E-state index contributed by atoms with van der Waals surface area (Å²) in [5.41, 5.74) is 8.85. The van der Waals surface area contributed by atoms with Crippen LogP contribution in [0.5, 0.6) is 0 Å². The van der Waals surface area contributed by atoms with Crippen LogP contribution < -0.4 is 11.3 Å². The number of pyridine rings is 1. The van der Waals surface area contributed by atoms with Gasteiger partial charge in [0.25, 0.3) is 5.56 Å². The number of aromatic amines is 1. The highest BCUT2D eigenvalue weighted by atomic mass is 35.5. The predicted molar refractivity (Wildman–Crippen MR) is 84.8 cm³/mol. The van der Waals surface area contributed by atoms with Crippen LogP contribution in [-0.2, 0) is 5.75 Å². The fraction of sp³-hybridized carbons (Fsp3) is 0.357. The number of hydrogen-bond acceptors (Lipinski definition) is 5. The molecule has 21 heavy (non-hydrogen) atoms. The second-order valence-electron chi connectivity index (χ2n) is 5.16. The minimum absolute atomic E-state index is 0.220. The monoisotopic (exact) mass is 322 g/mol. The van der Waals surface area contributed by atoms with Gasteiger partial charge >= 0.3 is 0 Å². The van der Waals surface area contributed by atoms with E-state index in [1.807, 2.05) is 6.20 Å². The van der Waals surface area contributed by atoms with Crippen LogP contribution in [0.1, 0.15) is 35.4 Å². The standard InChI is InChI=1S/C14H15ClN4OS/c1-7-5-17-13(15)9(12(7)8-2-3-8)6-21-14-18-10(16)4-11(20)19-14/h4-5,8H,2-3,6H2,1H3,(H3,16,18,19,20). The molecule has 5 nitrogen and oxygen atoms in total. The number of hydrogen-bond donors (Lipinski definition) is 2. The number of aryl methyl sites for hydroxylation is 1. The van der Waals surface area contributed by atoms with E-state index in [0.717, 1.165) is 5.56 Å². The lowest BCUT2D eigenvalue weighted by molar-refractivity contribution is 0.943. The number of nitrogen functional groups attached to an aromatic ring is 1. The fourth-order valence-electron chi connectivity index (χ4n) is 2.39. The first-order chi connectivity index (χ1) is 10.0. The molecule has 2 heterocycles. The van der Waals surface area contributed by atoms with Crippen molar-refractivity contribution in [2.75, 3.05) is 5.73 Å². The lowest BCUT2D eigenvalue weighted by Crippen LogP contribution is -2.09. The molecule has 0 bridgehead atoms. The number of anilines is 1. The van der Waals surface area contributed by atoms with Gasteiger partial charge in [0, 0.05) is 23.6 Å². The van der Waals surface area contributed by atoms with Crippen molar-refractivity contribution in [3.63, 3.8) is 0 Å². The van der Waals surface area contributed by atoms with Crippen LogP contribution in [0.25, 0.3) is 0 Å². The van der Waals surface area contributed by atoms with E-state index < -0.39 is 0 Å². The molecule has 7 heteroatoms. The molecule has 1 saturated carbocycles. The number of H-pyrrole nitrogens is 1. The molecule has 0 atom stereocenters. The molecule has 2 aromatic heterocycles. The SMILES string of the molecule is Cc1cnc(Cl)c(CSc2nc(N)cc(=O)[nH]2)c1C1CC1. The highest BCUT2D eigenvalue weighted by molar-refractivity contribution is 7.98. The maximum Gasteiger partial charge on any atom is 0.253 e. The molecule has 0 unspecified atom stereocenters. The van der Waals surface area contributed by atoms with Gasteiger partial charge in [-0.15, -0.1) is 0 Å². The zero-order valence-corrected chi connectivity index (χ0v) is 13.1. The van der Waals surface area contributed by atoms with Crippen molar-refractivity contribution in [1.82, 2.24) is 15.0 Å². The third-order valence-electron chi connectivity index (χ3n) is 3.45. The van der Waals surface area contributed by atoms with E-state index in [0.29, 0.717) is 22.0 Å². The quantitative estimate of drug-likeness (QED) is 0.513. The van der Waals surface area contributed by atoms with Gasteiger partial charge in [-0.1, -0.05) is 23.4 Å². The Kier molecular flexibility index (Phi) is 3.91. The van der Waals surface area contributed by atoms with E-state index in [4.69, 9.17) is 17.3 Å². The molecule has 0 saturated heterocycles. The van der Waals surface area contributed by atoms with Gasteiger partial charge in [0.2, 0.25) is 0 Å². The lowest BCUT2D eigenvalue weighted by atomic mass is 10.0. The molecule has 110 valence electrons. The Morgan fingerprint density at radius 2 is 2.29 bits per heavy atom. The molecule has 1 aliphatic rings. The van der Waals surface area contributed by atoms with Gasteiger partial charge in [0.15, 0.2) is 5.16 Å². The zero-order valence-electron chi connectivity index (χ0n) is 11.5. The van der Waals surface area contributed by atoms with Crippen molar-refractivity contribution in [3.05, 3.63) is 44.5 Å². The average Bonchev–Trinajstić information content (AvgIpc) is 3.23. The summed E-state index contributed by atoms with van der Waals surface area (Å²) in [4.78, 5) is 22.4. The Hall–Kier alpha value is -1.53. The smallest absolute Gasteiger partial charge is 0.253 e. The number of nitrogens with two attached hydrogens (primary N) is 1. The molecule has 2 aromatic rings. The van der Waals surface area contributed by atoms with Gasteiger partial charge in [0.05, 0.1) is 0 Å². The van der Waals surface area contributed by atoms with Gasteiger partial charge in [-0.3, -0.25) is 4.79 Å². The normalized spacial score (nSPS) is 14.4. The van der Waals surface area contributed by atoms with Crippen LogP contribution in [0.4, 0.5) is 5.82 Å². The van der Waals surface area contributed by atoms with Crippen molar-refractivity contribution in [1.29, 1.82) is 0 Å². The van der Waals surface area contributed by atoms with Crippen LogP contribution in [0.2, 0.25) is 5.15 Å². The number of nitrogens with one attached hydrogen (secondary N) is 1. The highest BCUT2D eigenvalue weighted by Gasteiger charge is 2.29. The molecular weight excluding hydrogens is 308 g/mol. The van der Waals surface area contributed by atoms with Gasteiger partial charge in [-0.25, -0.2) is 9.97 Å². The Balaban J connectivity index is 1.88. The number of nitrogens with zero attached hydrogens (tertiary/aromatic N) is 2. The molecule has 0 aromatic carbocycles. The lowest BCUT2D eigenvalue weighted by Gasteiger charge is -2.12. The molecule has 0 amide bonds. The number of thioether (sulfide) groups is 1. The van der Waals surface area contributed by atoms with Gasteiger partial charge in [0.1, 0.15) is 11.0 Å². The third-order valence-corrected chi connectivity index (χ3v) is 4.67. The minimum Gasteiger partial charge on any atom is -0.383 e. The first kappa shape index (κ1) is 14.4. The van der Waals surface area contributed by atoms with E-state index in [1.165, 1.54) is 41.8 Å². The highest BCUT2D eigenvalue weighted by Crippen LogP contribution is 2.45. The summed E-state index contributed by atoms with van der Waals surface area (Å²) in [6, 6.07) is 1.26. The van der Waals surface area contributed by atoms with Crippen molar-refractivity contribution in [2.45, 2.75) is 36.6 Å². The summed E-state index contributed by atoms with van der Waals surface area (Å²) in [6.45, 7) is 2.06. The number of aromatic nitrogens is 3. The van der Waals surface area contributed by atoms with Crippen LogP contribution in [-0.4, -0.2) is 15.0 Å². The Morgan fingerprint density at radius 3 is 2.95 bits per heavy atom. The van der Waals surface area contributed by atoms with E-state index in [9.17, 15) is 4.79 Å². The summed E-state index contributed by atoms with van der Waals surface area (Å²) in [5.74, 6) is 1.43. The van der Waals surface area contributed by atoms with E-state index >= 15 is 0 Å². The summed E-state index contributed by atoms with van der Waals surface area (Å²) < 4.78 is 0. The molecule has 0 spiro atoms. The van der Waals surface area contributed by atoms with Crippen molar-refractivity contribution >= 4 is 29.2 Å². The average molecular weight is 323 g/mol. The van der Waals surface area contributed by atoms with E-state index in [1.54, 1.807) is 0 Å². The van der Waals surface area contributed by atoms with E-state index in [-0.39, 0.29) is 11.4 Å². The maximum atomic E-state index is 11.4. The molecular formula is C14H15ClN4OS. The van der Waals surface area contributed by atoms with Crippen LogP contribution in [0, 0.1) is 6.92 Å².